The standard InChI is InChI=1S/C20H24N2O5S/c1-26-18-6-3-15(4-7-18)20(23)21-10-12-28(24,25)22-11-9-16-13-19(27-2)8-5-17(16)14-22/h3-8,13H,9-12,14H2,1-2H3,(H,21,23). The molecule has 1 N–H and O–H groups in total. The summed E-state index contributed by atoms with van der Waals surface area (Å²) in [5.74, 6) is 0.979. The highest BCUT2D eigenvalue weighted by Gasteiger charge is 2.26. The topological polar surface area (TPSA) is 84.9 Å². The van der Waals surface area contributed by atoms with Crippen LogP contribution in [0.25, 0.3) is 0 Å². The number of rotatable bonds is 7. The van der Waals surface area contributed by atoms with Gasteiger partial charge < -0.3 is 14.8 Å². The van der Waals surface area contributed by atoms with Gasteiger partial charge in [-0.2, -0.15) is 4.31 Å². The van der Waals surface area contributed by atoms with E-state index in [2.05, 4.69) is 5.32 Å². The summed E-state index contributed by atoms with van der Waals surface area (Å²) >= 11 is 0. The Morgan fingerprint density at radius 2 is 1.71 bits per heavy atom. The minimum Gasteiger partial charge on any atom is -0.497 e. The van der Waals surface area contributed by atoms with Gasteiger partial charge in [-0.3, -0.25) is 4.79 Å². The maximum absolute atomic E-state index is 12.7. The molecule has 0 spiro atoms. The zero-order chi connectivity index (χ0) is 20.1. The first-order chi connectivity index (χ1) is 13.4. The van der Waals surface area contributed by atoms with E-state index in [4.69, 9.17) is 9.47 Å². The van der Waals surface area contributed by atoms with E-state index in [1.54, 1.807) is 38.5 Å². The molecule has 0 fully saturated rings. The number of ether oxygens (including phenoxy) is 2. The number of benzene rings is 2. The molecule has 150 valence electrons. The lowest BCUT2D eigenvalue weighted by molar-refractivity contribution is 0.0956. The summed E-state index contributed by atoms with van der Waals surface area (Å²) in [5.41, 5.74) is 2.55. The van der Waals surface area contributed by atoms with Crippen LogP contribution in [-0.2, 0) is 23.0 Å². The average molecular weight is 404 g/mol. The van der Waals surface area contributed by atoms with E-state index in [1.807, 2.05) is 18.2 Å². The maximum Gasteiger partial charge on any atom is 0.251 e. The second-order valence-electron chi connectivity index (χ2n) is 6.52. The quantitative estimate of drug-likeness (QED) is 0.761. The van der Waals surface area contributed by atoms with Crippen molar-refractivity contribution >= 4 is 15.9 Å². The van der Waals surface area contributed by atoms with Crippen LogP contribution in [0.1, 0.15) is 21.5 Å². The van der Waals surface area contributed by atoms with Crippen LogP contribution in [0.15, 0.2) is 42.5 Å². The van der Waals surface area contributed by atoms with Gasteiger partial charge in [0.25, 0.3) is 5.91 Å². The van der Waals surface area contributed by atoms with Crippen LogP contribution in [-0.4, -0.2) is 51.7 Å². The van der Waals surface area contributed by atoms with Gasteiger partial charge in [-0.15, -0.1) is 0 Å². The van der Waals surface area contributed by atoms with Crippen molar-refractivity contribution in [2.75, 3.05) is 33.1 Å². The van der Waals surface area contributed by atoms with Crippen LogP contribution in [0.4, 0.5) is 0 Å². The van der Waals surface area contributed by atoms with Gasteiger partial charge in [0, 0.05) is 25.2 Å². The summed E-state index contributed by atoms with van der Waals surface area (Å²) in [6.45, 7) is 0.822. The highest BCUT2D eigenvalue weighted by molar-refractivity contribution is 7.89. The third kappa shape index (κ3) is 4.63. The number of nitrogens with one attached hydrogen (secondary N) is 1. The van der Waals surface area contributed by atoms with Gasteiger partial charge in [0.1, 0.15) is 11.5 Å². The van der Waals surface area contributed by atoms with Gasteiger partial charge in [0.15, 0.2) is 0 Å². The minimum absolute atomic E-state index is 0.0547. The van der Waals surface area contributed by atoms with Crippen molar-refractivity contribution in [3.63, 3.8) is 0 Å². The Morgan fingerprint density at radius 1 is 1.04 bits per heavy atom. The van der Waals surface area contributed by atoms with Gasteiger partial charge in [-0.1, -0.05) is 6.07 Å². The number of carbonyl (C=O) groups excluding carboxylic acids is 1. The highest BCUT2D eigenvalue weighted by atomic mass is 32.2. The largest absolute Gasteiger partial charge is 0.497 e. The van der Waals surface area contributed by atoms with E-state index in [-0.39, 0.29) is 18.2 Å². The normalized spacial score (nSPS) is 14.2. The maximum atomic E-state index is 12.7. The molecule has 0 aromatic heterocycles. The zero-order valence-electron chi connectivity index (χ0n) is 16.0. The third-order valence-electron chi connectivity index (χ3n) is 4.78. The summed E-state index contributed by atoms with van der Waals surface area (Å²) in [5, 5.41) is 2.66. The molecule has 0 radical (unpaired) electrons. The number of fused-ring (bicyclic) bond motifs is 1. The fourth-order valence-corrected chi connectivity index (χ4v) is 4.46. The number of hydrogen-bond acceptors (Lipinski definition) is 5. The molecule has 0 atom stereocenters. The number of sulfonamides is 1. The summed E-state index contributed by atoms with van der Waals surface area (Å²) in [6, 6.07) is 12.3. The molecule has 1 heterocycles. The first kappa shape index (κ1) is 20.2. The van der Waals surface area contributed by atoms with E-state index in [9.17, 15) is 13.2 Å². The van der Waals surface area contributed by atoms with Gasteiger partial charge in [0.2, 0.25) is 10.0 Å². The Hall–Kier alpha value is -2.58. The van der Waals surface area contributed by atoms with Crippen LogP contribution in [0, 0.1) is 0 Å². The van der Waals surface area contributed by atoms with Crippen molar-refractivity contribution in [1.82, 2.24) is 9.62 Å². The zero-order valence-corrected chi connectivity index (χ0v) is 16.8. The molecule has 28 heavy (non-hydrogen) atoms. The first-order valence-electron chi connectivity index (χ1n) is 8.99. The van der Waals surface area contributed by atoms with E-state index >= 15 is 0 Å². The fraction of sp³-hybridized carbons (Fsp3) is 0.350. The number of nitrogens with zero attached hydrogens (tertiary/aromatic N) is 1. The van der Waals surface area contributed by atoms with Crippen LogP contribution >= 0.6 is 0 Å². The van der Waals surface area contributed by atoms with Crippen LogP contribution in [0.2, 0.25) is 0 Å². The van der Waals surface area contributed by atoms with Crippen LogP contribution in [0.3, 0.4) is 0 Å². The van der Waals surface area contributed by atoms with E-state index in [0.717, 1.165) is 16.9 Å². The molecule has 3 rings (SSSR count). The first-order valence-corrected chi connectivity index (χ1v) is 10.6. The molecule has 0 saturated carbocycles. The number of amides is 1. The lowest BCUT2D eigenvalue weighted by Crippen LogP contribution is -2.40. The van der Waals surface area contributed by atoms with Crippen molar-refractivity contribution in [1.29, 1.82) is 0 Å². The SMILES string of the molecule is COc1ccc(C(=O)NCCS(=O)(=O)N2CCc3cc(OC)ccc3C2)cc1. The summed E-state index contributed by atoms with van der Waals surface area (Å²) in [7, 11) is -0.299. The molecule has 7 nitrogen and oxygen atoms in total. The number of hydrogen-bond donors (Lipinski definition) is 1. The summed E-state index contributed by atoms with van der Waals surface area (Å²) in [4.78, 5) is 12.2. The molecule has 1 aliphatic heterocycles. The molecule has 0 aliphatic carbocycles. The Balaban J connectivity index is 1.55. The number of carbonyl (C=O) groups is 1. The Labute approximate surface area is 165 Å². The monoisotopic (exact) mass is 404 g/mol. The lowest BCUT2D eigenvalue weighted by atomic mass is 10.0. The van der Waals surface area contributed by atoms with Crippen LogP contribution < -0.4 is 14.8 Å². The Morgan fingerprint density at radius 3 is 2.39 bits per heavy atom. The minimum atomic E-state index is -3.46. The fourth-order valence-electron chi connectivity index (χ4n) is 3.13. The smallest absolute Gasteiger partial charge is 0.251 e. The summed E-state index contributed by atoms with van der Waals surface area (Å²) < 4.78 is 37.1. The van der Waals surface area contributed by atoms with Crippen LogP contribution in [0.5, 0.6) is 11.5 Å². The summed E-state index contributed by atoms with van der Waals surface area (Å²) in [6.07, 6.45) is 0.643. The lowest BCUT2D eigenvalue weighted by Gasteiger charge is -2.28. The molecule has 0 saturated heterocycles. The van der Waals surface area contributed by atoms with Gasteiger partial charge in [-0.05, 0) is 53.9 Å². The van der Waals surface area contributed by atoms with E-state index in [0.29, 0.717) is 30.8 Å². The van der Waals surface area contributed by atoms with Crippen molar-refractivity contribution < 1.29 is 22.7 Å². The third-order valence-corrected chi connectivity index (χ3v) is 6.60. The molecule has 2 aromatic rings. The second kappa shape index (κ2) is 8.62. The second-order valence-corrected chi connectivity index (χ2v) is 8.61. The van der Waals surface area contributed by atoms with Gasteiger partial charge >= 0.3 is 0 Å². The van der Waals surface area contributed by atoms with E-state index < -0.39 is 10.0 Å². The molecule has 8 heteroatoms. The Kier molecular flexibility index (Phi) is 6.21. The highest BCUT2D eigenvalue weighted by Crippen LogP contribution is 2.25. The van der Waals surface area contributed by atoms with Crippen molar-refractivity contribution in [2.24, 2.45) is 0 Å². The molecule has 0 bridgehead atoms. The van der Waals surface area contributed by atoms with Crippen molar-refractivity contribution in [3.05, 3.63) is 59.2 Å². The molecule has 1 amide bonds. The van der Waals surface area contributed by atoms with Gasteiger partial charge in [0.05, 0.1) is 20.0 Å². The number of methoxy groups -OCH3 is 2. The van der Waals surface area contributed by atoms with Crippen molar-refractivity contribution in [2.45, 2.75) is 13.0 Å². The predicted molar refractivity (Wildman–Crippen MR) is 106 cm³/mol. The molecular formula is C20H24N2O5S. The Bertz CT molecular complexity index is 942. The van der Waals surface area contributed by atoms with Gasteiger partial charge in [-0.25, -0.2) is 8.42 Å². The molecule has 2 aromatic carbocycles. The average Bonchev–Trinajstić information content (AvgIpc) is 2.72. The molecule has 1 aliphatic rings. The molecule has 0 unspecified atom stereocenters. The van der Waals surface area contributed by atoms with E-state index in [1.165, 1.54) is 4.31 Å². The van der Waals surface area contributed by atoms with Crippen molar-refractivity contribution in [3.8, 4) is 11.5 Å². The molecular weight excluding hydrogens is 380 g/mol. The predicted octanol–water partition coefficient (Wildman–Crippen LogP) is 1.82.